The molecule has 174 valence electrons. The molecule has 3 aromatic rings. The zero-order valence-electron chi connectivity index (χ0n) is 18.8. The summed E-state index contributed by atoms with van der Waals surface area (Å²) >= 11 is 0. The van der Waals surface area contributed by atoms with Gasteiger partial charge in [-0.25, -0.2) is 0 Å². The number of azo groups is 1. The van der Waals surface area contributed by atoms with Gasteiger partial charge in [-0.2, -0.15) is 5.11 Å². The Labute approximate surface area is 193 Å². The molecule has 0 aliphatic carbocycles. The molecule has 2 N–H and O–H groups in total. The molecule has 0 saturated carbocycles. The van der Waals surface area contributed by atoms with Gasteiger partial charge < -0.3 is 24.6 Å². The fourth-order valence-electron chi connectivity index (χ4n) is 2.99. The van der Waals surface area contributed by atoms with Crippen LogP contribution in [0.25, 0.3) is 0 Å². The van der Waals surface area contributed by atoms with E-state index in [4.69, 9.17) is 14.2 Å². The highest BCUT2D eigenvalue weighted by Crippen LogP contribution is 2.27. The third-order valence-electron chi connectivity index (χ3n) is 4.74. The Morgan fingerprint density at radius 2 is 1.76 bits per heavy atom. The van der Waals surface area contributed by atoms with Crippen molar-refractivity contribution in [2.75, 3.05) is 33.9 Å². The SMILES string of the molecule is COc1ccc(CCNCC(O)COc2ccc(N=NCc3ccccc3)nn2)cc1OC. The average molecular weight is 452 g/mol. The van der Waals surface area contributed by atoms with Crippen molar-refractivity contribution in [1.29, 1.82) is 0 Å². The third-order valence-corrected chi connectivity index (χ3v) is 4.74. The number of hydrogen-bond acceptors (Lipinski definition) is 9. The van der Waals surface area contributed by atoms with Crippen LogP contribution in [0.4, 0.5) is 5.82 Å². The first kappa shape index (κ1) is 24.1. The van der Waals surface area contributed by atoms with Gasteiger partial charge in [0.15, 0.2) is 17.3 Å². The zero-order chi connectivity index (χ0) is 23.3. The first-order valence-electron chi connectivity index (χ1n) is 10.7. The smallest absolute Gasteiger partial charge is 0.233 e. The van der Waals surface area contributed by atoms with Crippen LogP contribution in [-0.2, 0) is 13.0 Å². The fourth-order valence-corrected chi connectivity index (χ4v) is 2.99. The number of aliphatic hydroxyl groups is 1. The summed E-state index contributed by atoms with van der Waals surface area (Å²) in [6.07, 6.45) is 0.113. The number of nitrogens with one attached hydrogen (secondary N) is 1. The molecule has 0 fully saturated rings. The number of hydrogen-bond donors (Lipinski definition) is 2. The van der Waals surface area contributed by atoms with Crippen LogP contribution in [0.3, 0.4) is 0 Å². The summed E-state index contributed by atoms with van der Waals surface area (Å²) in [4.78, 5) is 0. The molecule has 1 heterocycles. The Morgan fingerprint density at radius 1 is 0.939 bits per heavy atom. The van der Waals surface area contributed by atoms with Gasteiger partial charge in [-0.1, -0.05) is 36.4 Å². The van der Waals surface area contributed by atoms with E-state index in [-0.39, 0.29) is 6.61 Å². The van der Waals surface area contributed by atoms with Crippen molar-refractivity contribution in [2.24, 2.45) is 10.2 Å². The van der Waals surface area contributed by atoms with Crippen molar-refractivity contribution >= 4 is 5.82 Å². The number of benzene rings is 2. The summed E-state index contributed by atoms with van der Waals surface area (Å²) in [7, 11) is 3.23. The Balaban J connectivity index is 1.33. The van der Waals surface area contributed by atoms with Gasteiger partial charge in [0.2, 0.25) is 5.88 Å². The molecular formula is C24H29N5O4. The van der Waals surface area contributed by atoms with Gasteiger partial charge in [0, 0.05) is 12.6 Å². The minimum absolute atomic E-state index is 0.104. The predicted octanol–water partition coefficient (Wildman–Crippen LogP) is 3.35. The molecule has 2 aromatic carbocycles. The number of aromatic nitrogens is 2. The van der Waals surface area contributed by atoms with Gasteiger partial charge in [-0.05, 0) is 42.3 Å². The van der Waals surface area contributed by atoms with E-state index >= 15 is 0 Å². The number of ether oxygens (including phenoxy) is 3. The molecule has 1 aromatic heterocycles. The van der Waals surface area contributed by atoms with Crippen molar-refractivity contribution < 1.29 is 19.3 Å². The van der Waals surface area contributed by atoms with Crippen molar-refractivity contribution in [2.45, 2.75) is 19.1 Å². The lowest BCUT2D eigenvalue weighted by Gasteiger charge is -2.13. The minimum Gasteiger partial charge on any atom is -0.493 e. The average Bonchev–Trinajstić information content (AvgIpc) is 2.86. The van der Waals surface area contributed by atoms with E-state index in [0.717, 1.165) is 17.5 Å². The molecule has 0 spiro atoms. The first-order valence-corrected chi connectivity index (χ1v) is 10.7. The molecule has 33 heavy (non-hydrogen) atoms. The van der Waals surface area contributed by atoms with Crippen LogP contribution in [0, 0.1) is 0 Å². The normalized spacial score (nSPS) is 12.0. The van der Waals surface area contributed by atoms with Gasteiger partial charge in [-0.3, -0.25) is 0 Å². The molecule has 0 bridgehead atoms. The lowest BCUT2D eigenvalue weighted by Crippen LogP contribution is -2.32. The molecular weight excluding hydrogens is 422 g/mol. The topological polar surface area (TPSA) is 110 Å². The maximum atomic E-state index is 10.1. The van der Waals surface area contributed by atoms with Crippen LogP contribution in [0.1, 0.15) is 11.1 Å². The van der Waals surface area contributed by atoms with E-state index in [1.807, 2.05) is 48.5 Å². The van der Waals surface area contributed by atoms with E-state index in [9.17, 15) is 5.11 Å². The van der Waals surface area contributed by atoms with Crippen LogP contribution in [0.5, 0.6) is 17.4 Å². The van der Waals surface area contributed by atoms with Crippen LogP contribution in [0.2, 0.25) is 0 Å². The van der Waals surface area contributed by atoms with Gasteiger partial charge in [0.25, 0.3) is 0 Å². The maximum absolute atomic E-state index is 10.1. The summed E-state index contributed by atoms with van der Waals surface area (Å²) < 4.78 is 16.1. The summed E-state index contributed by atoms with van der Waals surface area (Å²) in [5.74, 6) is 2.12. The number of rotatable bonds is 13. The maximum Gasteiger partial charge on any atom is 0.233 e. The van der Waals surface area contributed by atoms with Gasteiger partial charge in [0.1, 0.15) is 12.7 Å². The van der Waals surface area contributed by atoms with Gasteiger partial charge in [0.05, 0.1) is 20.8 Å². The standard InChI is InChI=1S/C24H29N5O4/c1-31-21-9-8-18(14-22(21)32-2)12-13-25-16-20(30)17-33-24-11-10-23(28-29-24)27-26-15-19-6-4-3-5-7-19/h3-11,14,20,25,30H,12-13,15-17H2,1-2H3. The molecule has 3 rings (SSSR count). The first-order chi connectivity index (χ1) is 16.2. The Morgan fingerprint density at radius 3 is 2.48 bits per heavy atom. The number of aliphatic hydroxyl groups excluding tert-OH is 1. The minimum atomic E-state index is -0.678. The second-order valence-electron chi connectivity index (χ2n) is 7.22. The van der Waals surface area contributed by atoms with Crippen molar-refractivity contribution in [3.8, 4) is 17.4 Å². The van der Waals surface area contributed by atoms with E-state index in [2.05, 4.69) is 25.7 Å². The monoisotopic (exact) mass is 451 g/mol. The lowest BCUT2D eigenvalue weighted by atomic mass is 10.1. The number of nitrogens with zero attached hydrogens (tertiary/aromatic N) is 4. The summed E-state index contributed by atoms with van der Waals surface area (Å²) in [6.45, 7) is 1.68. The molecule has 1 unspecified atom stereocenters. The van der Waals surface area contributed by atoms with Crippen molar-refractivity contribution in [3.63, 3.8) is 0 Å². The number of methoxy groups -OCH3 is 2. The Kier molecular flexibility index (Phi) is 9.56. The van der Waals surface area contributed by atoms with Gasteiger partial charge in [-0.15, -0.1) is 15.3 Å². The quantitative estimate of drug-likeness (QED) is 0.303. The second kappa shape index (κ2) is 13.1. The van der Waals surface area contributed by atoms with Crippen molar-refractivity contribution in [3.05, 3.63) is 71.8 Å². The summed E-state index contributed by atoms with van der Waals surface area (Å²) in [5.41, 5.74) is 2.18. The van der Waals surface area contributed by atoms with Crippen LogP contribution >= 0.6 is 0 Å². The second-order valence-corrected chi connectivity index (χ2v) is 7.22. The molecule has 0 saturated heterocycles. The molecule has 9 nitrogen and oxygen atoms in total. The van der Waals surface area contributed by atoms with Crippen LogP contribution in [-0.4, -0.2) is 55.3 Å². The van der Waals surface area contributed by atoms with E-state index in [0.29, 0.717) is 42.8 Å². The predicted molar refractivity (Wildman–Crippen MR) is 124 cm³/mol. The van der Waals surface area contributed by atoms with E-state index < -0.39 is 6.10 Å². The Hall–Kier alpha value is -3.56. The lowest BCUT2D eigenvalue weighted by molar-refractivity contribution is 0.103. The molecule has 0 radical (unpaired) electrons. The Bertz CT molecular complexity index is 999. The van der Waals surface area contributed by atoms with E-state index in [1.54, 1.807) is 26.4 Å². The third kappa shape index (κ3) is 8.13. The molecule has 9 heteroatoms. The summed E-state index contributed by atoms with van der Waals surface area (Å²) in [5, 5.41) is 29.5. The fraction of sp³-hybridized carbons (Fsp3) is 0.333. The van der Waals surface area contributed by atoms with Crippen LogP contribution < -0.4 is 19.5 Å². The highest BCUT2D eigenvalue weighted by Gasteiger charge is 2.08. The molecule has 0 aliphatic heterocycles. The van der Waals surface area contributed by atoms with Crippen LogP contribution in [0.15, 0.2) is 70.9 Å². The highest BCUT2D eigenvalue weighted by atomic mass is 16.5. The highest BCUT2D eigenvalue weighted by molar-refractivity contribution is 5.42. The van der Waals surface area contributed by atoms with E-state index in [1.165, 1.54) is 0 Å². The zero-order valence-corrected chi connectivity index (χ0v) is 18.8. The molecule has 0 amide bonds. The van der Waals surface area contributed by atoms with Gasteiger partial charge >= 0.3 is 0 Å². The summed E-state index contributed by atoms with van der Waals surface area (Å²) in [6, 6.07) is 19.0. The largest absolute Gasteiger partial charge is 0.493 e. The molecule has 0 aliphatic rings. The molecule has 1 atom stereocenters. The van der Waals surface area contributed by atoms with Crippen molar-refractivity contribution in [1.82, 2.24) is 15.5 Å².